The summed E-state index contributed by atoms with van der Waals surface area (Å²) < 4.78 is 11.2. The lowest BCUT2D eigenvalue weighted by molar-refractivity contribution is -0.142. The number of nitrogens with zero attached hydrogens (tertiary/aromatic N) is 2. The Morgan fingerprint density at radius 2 is 1.71 bits per heavy atom. The predicted molar refractivity (Wildman–Crippen MR) is 131 cm³/mol. The fourth-order valence-corrected chi connectivity index (χ4v) is 5.74. The largest absolute Gasteiger partial charge is 0.378 e. The molecule has 0 unspecified atom stereocenters. The molecule has 1 atom stereocenters. The van der Waals surface area contributed by atoms with Gasteiger partial charge in [0.15, 0.2) is 0 Å². The lowest BCUT2D eigenvalue weighted by Crippen LogP contribution is -2.59. The Morgan fingerprint density at radius 3 is 2.32 bits per heavy atom. The first kappa shape index (κ1) is 26.9. The standard InChI is InChI=1S/C26H45N3O5/c1-3-4-13-22(23(30)24(31)27-20-26(33-2)14-9-6-10-15-26)29(21-11-7-5-8-12-21)25(32)28-16-18-34-19-17-28/h21-22H,3-20H2,1-2H3,(H,27,31)/t22-/m0/s1. The Kier molecular flexibility index (Phi) is 10.6. The summed E-state index contributed by atoms with van der Waals surface area (Å²) >= 11 is 0. The van der Waals surface area contributed by atoms with Gasteiger partial charge in [0.2, 0.25) is 5.78 Å². The smallest absolute Gasteiger partial charge is 0.321 e. The highest BCUT2D eigenvalue weighted by Crippen LogP contribution is 2.31. The number of methoxy groups -OCH3 is 1. The second kappa shape index (κ2) is 13.4. The van der Waals surface area contributed by atoms with Gasteiger partial charge in [-0.2, -0.15) is 0 Å². The lowest BCUT2D eigenvalue weighted by atomic mass is 9.84. The van der Waals surface area contributed by atoms with Gasteiger partial charge in [0.05, 0.1) is 18.8 Å². The molecule has 3 fully saturated rings. The molecule has 1 aliphatic heterocycles. The van der Waals surface area contributed by atoms with Crippen LogP contribution < -0.4 is 5.32 Å². The van der Waals surface area contributed by atoms with Gasteiger partial charge in [0, 0.05) is 32.8 Å². The van der Waals surface area contributed by atoms with Crippen LogP contribution >= 0.6 is 0 Å². The molecule has 2 aliphatic carbocycles. The Morgan fingerprint density at radius 1 is 1.06 bits per heavy atom. The summed E-state index contributed by atoms with van der Waals surface area (Å²) in [5, 5.41) is 2.89. The predicted octanol–water partition coefficient (Wildman–Crippen LogP) is 3.67. The number of nitrogens with one attached hydrogen (secondary N) is 1. The van der Waals surface area contributed by atoms with Gasteiger partial charge >= 0.3 is 6.03 Å². The van der Waals surface area contributed by atoms with Crippen molar-refractivity contribution in [3.05, 3.63) is 0 Å². The first-order valence-electron chi connectivity index (χ1n) is 13.5. The molecule has 8 nitrogen and oxygen atoms in total. The van der Waals surface area contributed by atoms with Crippen molar-refractivity contribution in [2.45, 2.75) is 108 Å². The van der Waals surface area contributed by atoms with Crippen molar-refractivity contribution in [1.29, 1.82) is 0 Å². The van der Waals surface area contributed by atoms with Gasteiger partial charge in [0.25, 0.3) is 5.91 Å². The topological polar surface area (TPSA) is 88.2 Å². The SMILES string of the molecule is CCCC[C@@H](C(=O)C(=O)NCC1(OC)CCCCC1)N(C(=O)N1CCOCC1)C1CCCCC1. The summed E-state index contributed by atoms with van der Waals surface area (Å²) in [5.41, 5.74) is -0.389. The van der Waals surface area contributed by atoms with Crippen molar-refractivity contribution in [1.82, 2.24) is 15.1 Å². The van der Waals surface area contributed by atoms with Crippen LogP contribution in [0.5, 0.6) is 0 Å². The van der Waals surface area contributed by atoms with Gasteiger partial charge in [0.1, 0.15) is 6.04 Å². The number of morpholine rings is 1. The molecule has 0 bridgehead atoms. The van der Waals surface area contributed by atoms with Crippen molar-refractivity contribution in [3.8, 4) is 0 Å². The van der Waals surface area contributed by atoms with Crippen LogP contribution in [0.25, 0.3) is 0 Å². The van der Waals surface area contributed by atoms with E-state index in [0.717, 1.165) is 70.6 Å². The van der Waals surface area contributed by atoms with Crippen LogP contribution in [0.1, 0.15) is 90.4 Å². The number of carbonyl (C=O) groups excluding carboxylic acids is 3. The van der Waals surface area contributed by atoms with E-state index >= 15 is 0 Å². The molecule has 0 aromatic heterocycles. The monoisotopic (exact) mass is 479 g/mol. The summed E-state index contributed by atoms with van der Waals surface area (Å²) in [4.78, 5) is 44.0. The number of urea groups is 1. The maximum Gasteiger partial charge on any atom is 0.321 e. The van der Waals surface area contributed by atoms with E-state index in [0.29, 0.717) is 39.3 Å². The van der Waals surface area contributed by atoms with Gasteiger partial charge in [-0.15, -0.1) is 0 Å². The maximum absolute atomic E-state index is 13.7. The van der Waals surface area contributed by atoms with Crippen LogP contribution in [0, 0.1) is 0 Å². The zero-order chi connectivity index (χ0) is 24.4. The van der Waals surface area contributed by atoms with Crippen LogP contribution in [0.3, 0.4) is 0 Å². The van der Waals surface area contributed by atoms with E-state index in [1.54, 1.807) is 16.9 Å². The number of unbranched alkanes of at least 4 members (excludes halogenated alkanes) is 1. The van der Waals surface area contributed by atoms with E-state index in [1.807, 2.05) is 0 Å². The van der Waals surface area contributed by atoms with Crippen molar-refractivity contribution in [2.75, 3.05) is 40.0 Å². The van der Waals surface area contributed by atoms with Crippen LogP contribution in [0.15, 0.2) is 0 Å². The summed E-state index contributed by atoms with van der Waals surface area (Å²) in [5.74, 6) is -1.07. The summed E-state index contributed by atoms with van der Waals surface area (Å²) in [7, 11) is 1.69. The van der Waals surface area contributed by atoms with E-state index in [2.05, 4.69) is 12.2 Å². The average Bonchev–Trinajstić information content (AvgIpc) is 2.90. The third-order valence-corrected chi connectivity index (χ3v) is 7.93. The zero-order valence-electron chi connectivity index (χ0n) is 21.3. The summed E-state index contributed by atoms with van der Waals surface area (Å²) in [6, 6.07) is -0.826. The maximum atomic E-state index is 13.7. The lowest BCUT2D eigenvalue weighted by Gasteiger charge is -2.42. The first-order chi connectivity index (χ1) is 16.5. The molecule has 34 heavy (non-hydrogen) atoms. The Bertz CT molecular complexity index is 667. The van der Waals surface area contributed by atoms with Crippen molar-refractivity contribution in [3.63, 3.8) is 0 Å². The number of Topliss-reactive ketones (excluding diaryl/α,β-unsaturated/α-hetero) is 1. The van der Waals surface area contributed by atoms with Crippen LogP contribution in [-0.2, 0) is 19.1 Å². The molecule has 8 heteroatoms. The minimum absolute atomic E-state index is 0.00589. The normalized spacial score (nSPS) is 22.1. The third kappa shape index (κ3) is 6.94. The number of hydrogen-bond acceptors (Lipinski definition) is 5. The van der Waals surface area contributed by atoms with Gasteiger partial charge in [-0.05, 0) is 32.1 Å². The van der Waals surface area contributed by atoms with Crippen LogP contribution in [0.4, 0.5) is 4.79 Å². The van der Waals surface area contributed by atoms with Crippen molar-refractivity contribution < 1.29 is 23.9 Å². The highest BCUT2D eigenvalue weighted by Gasteiger charge is 2.41. The molecule has 3 amide bonds. The Hall–Kier alpha value is -1.67. The van der Waals surface area contributed by atoms with E-state index in [-0.39, 0.29) is 17.7 Å². The van der Waals surface area contributed by atoms with E-state index in [9.17, 15) is 14.4 Å². The fourth-order valence-electron chi connectivity index (χ4n) is 5.74. The minimum atomic E-state index is -0.719. The molecule has 0 aromatic carbocycles. The number of ether oxygens (including phenoxy) is 2. The summed E-state index contributed by atoms with van der Waals surface area (Å²) in [6.45, 7) is 4.49. The molecule has 2 saturated carbocycles. The Balaban J connectivity index is 1.77. The van der Waals surface area contributed by atoms with E-state index in [1.165, 1.54) is 6.42 Å². The number of carbonyl (C=O) groups is 3. The van der Waals surface area contributed by atoms with Gasteiger partial charge < -0.3 is 24.6 Å². The van der Waals surface area contributed by atoms with Gasteiger partial charge in [-0.25, -0.2) is 4.79 Å². The van der Waals surface area contributed by atoms with Crippen molar-refractivity contribution in [2.24, 2.45) is 0 Å². The fraction of sp³-hybridized carbons (Fsp3) is 0.885. The van der Waals surface area contributed by atoms with Crippen LogP contribution in [-0.4, -0.2) is 85.2 Å². The molecular weight excluding hydrogens is 434 g/mol. The highest BCUT2D eigenvalue weighted by atomic mass is 16.5. The second-order valence-electron chi connectivity index (χ2n) is 10.2. The quantitative estimate of drug-likeness (QED) is 0.483. The molecule has 3 aliphatic rings. The highest BCUT2D eigenvalue weighted by molar-refractivity contribution is 6.38. The molecule has 194 valence electrons. The molecule has 1 heterocycles. The number of hydrogen-bond donors (Lipinski definition) is 1. The molecule has 0 spiro atoms. The molecule has 1 saturated heterocycles. The molecule has 0 aromatic rings. The molecule has 1 N–H and O–H groups in total. The average molecular weight is 480 g/mol. The van der Waals surface area contributed by atoms with Crippen LogP contribution in [0.2, 0.25) is 0 Å². The van der Waals surface area contributed by atoms with Gasteiger partial charge in [-0.1, -0.05) is 58.3 Å². The third-order valence-electron chi connectivity index (χ3n) is 7.93. The van der Waals surface area contributed by atoms with E-state index < -0.39 is 17.7 Å². The van der Waals surface area contributed by atoms with Crippen molar-refractivity contribution >= 4 is 17.7 Å². The van der Waals surface area contributed by atoms with Gasteiger partial charge in [-0.3, -0.25) is 9.59 Å². The minimum Gasteiger partial charge on any atom is -0.378 e. The zero-order valence-corrected chi connectivity index (χ0v) is 21.3. The molecular formula is C26H45N3O5. The number of amides is 3. The Labute approximate surface area is 205 Å². The molecule has 0 radical (unpaired) electrons. The molecule has 3 rings (SSSR count). The van der Waals surface area contributed by atoms with E-state index in [4.69, 9.17) is 9.47 Å². The number of rotatable bonds is 10. The first-order valence-corrected chi connectivity index (χ1v) is 13.5. The summed E-state index contributed by atoms with van der Waals surface area (Å²) in [6.07, 6.45) is 12.4. The number of ketones is 1. The second-order valence-corrected chi connectivity index (χ2v) is 10.2.